The molecule has 1 aliphatic rings. The molecule has 0 N–H and O–H groups in total. The maximum absolute atomic E-state index is 13.7. The maximum Gasteiger partial charge on any atom is 0.358 e. The number of nitrogens with zero attached hydrogens (tertiary/aromatic N) is 3. The first-order valence-electron chi connectivity index (χ1n) is 14.9. The van der Waals surface area contributed by atoms with Gasteiger partial charge in [-0.25, -0.2) is 9.78 Å². The van der Waals surface area contributed by atoms with E-state index in [1.165, 1.54) is 5.56 Å². The Labute approximate surface area is 247 Å². The van der Waals surface area contributed by atoms with Crippen molar-refractivity contribution in [3.8, 4) is 16.9 Å². The highest BCUT2D eigenvalue weighted by Crippen LogP contribution is 2.54. The second-order valence-electron chi connectivity index (χ2n) is 10.6. The Hall–Kier alpha value is -4.58. The van der Waals surface area contributed by atoms with Crippen LogP contribution < -0.4 is 9.64 Å². The van der Waals surface area contributed by atoms with Crippen molar-refractivity contribution in [2.45, 2.75) is 46.6 Å². The molecule has 5 aromatic rings. The standard InChI is InChI=1S/C36H37N3O3/c1-6-25-17-20-30-33(32(24(5)39(30)23-25)26-14-11-10-12-15-26)36(29-16-13-21-37-34(29)35(40)42-36)28-19-18-27(38(7-2)8-3)22-31(28)41-9-4/h10-23H,6-9H2,1-5H3. The number of carbonyl (C=O) groups is 1. The van der Waals surface area contributed by atoms with Crippen LogP contribution in [0.25, 0.3) is 16.6 Å². The van der Waals surface area contributed by atoms with Crippen LogP contribution in [0, 0.1) is 6.92 Å². The number of cyclic esters (lactones) is 1. The number of esters is 1. The summed E-state index contributed by atoms with van der Waals surface area (Å²) in [5, 5.41) is 0. The average Bonchev–Trinajstić information content (AvgIpc) is 3.49. The minimum atomic E-state index is -1.29. The molecule has 0 fully saturated rings. The van der Waals surface area contributed by atoms with E-state index in [4.69, 9.17) is 9.47 Å². The average molecular weight is 560 g/mol. The van der Waals surface area contributed by atoms with Gasteiger partial charge in [0.15, 0.2) is 11.3 Å². The molecule has 0 radical (unpaired) electrons. The summed E-state index contributed by atoms with van der Waals surface area (Å²) in [5.41, 5.74) is 7.87. The van der Waals surface area contributed by atoms with Gasteiger partial charge in [0.1, 0.15) is 5.75 Å². The largest absolute Gasteiger partial charge is 0.493 e. The van der Waals surface area contributed by atoms with E-state index in [-0.39, 0.29) is 0 Å². The smallest absolute Gasteiger partial charge is 0.358 e. The predicted octanol–water partition coefficient (Wildman–Crippen LogP) is 7.58. The highest BCUT2D eigenvalue weighted by Gasteiger charge is 2.54. The van der Waals surface area contributed by atoms with E-state index in [2.05, 4.69) is 90.6 Å². The first-order chi connectivity index (χ1) is 20.5. The molecule has 0 amide bonds. The first-order valence-corrected chi connectivity index (χ1v) is 14.9. The van der Waals surface area contributed by atoms with E-state index in [9.17, 15) is 4.79 Å². The summed E-state index contributed by atoms with van der Waals surface area (Å²) in [6.45, 7) is 12.8. The molecule has 6 nitrogen and oxygen atoms in total. The summed E-state index contributed by atoms with van der Waals surface area (Å²) in [5.74, 6) is 0.245. The third kappa shape index (κ3) is 4.16. The fourth-order valence-electron chi connectivity index (χ4n) is 6.46. The molecule has 6 heteroatoms. The van der Waals surface area contributed by atoms with Crippen molar-refractivity contribution < 1.29 is 14.3 Å². The zero-order valence-electron chi connectivity index (χ0n) is 25.0. The van der Waals surface area contributed by atoms with Gasteiger partial charge in [0.2, 0.25) is 0 Å². The molecular formula is C36H37N3O3. The number of aryl methyl sites for hydroxylation is 2. The monoisotopic (exact) mass is 559 g/mol. The predicted molar refractivity (Wildman–Crippen MR) is 168 cm³/mol. The molecule has 42 heavy (non-hydrogen) atoms. The summed E-state index contributed by atoms with van der Waals surface area (Å²) in [6, 6.07) is 24.8. The Morgan fingerprint density at radius 1 is 0.929 bits per heavy atom. The van der Waals surface area contributed by atoms with Crippen LogP contribution in [0.5, 0.6) is 5.75 Å². The fraction of sp³-hybridized carbons (Fsp3) is 0.278. The van der Waals surface area contributed by atoms with Crippen LogP contribution >= 0.6 is 0 Å². The lowest BCUT2D eigenvalue weighted by atomic mass is 9.77. The minimum Gasteiger partial charge on any atom is -0.493 e. The SMILES string of the molecule is CCOc1cc(N(CC)CC)ccc1C1(c2c(-c3ccccc3)c(C)n3cc(CC)ccc23)OC(=O)c2ncccc21. The van der Waals surface area contributed by atoms with Crippen molar-refractivity contribution in [3.63, 3.8) is 0 Å². The molecule has 0 spiro atoms. The van der Waals surface area contributed by atoms with Crippen molar-refractivity contribution in [3.05, 3.63) is 119 Å². The van der Waals surface area contributed by atoms with Gasteiger partial charge in [-0.05, 0) is 69.5 Å². The highest BCUT2D eigenvalue weighted by atomic mass is 16.6. The van der Waals surface area contributed by atoms with Crippen LogP contribution in [0.15, 0.2) is 85.2 Å². The lowest BCUT2D eigenvalue weighted by Gasteiger charge is -2.33. The summed E-state index contributed by atoms with van der Waals surface area (Å²) in [6.07, 6.45) is 4.76. The van der Waals surface area contributed by atoms with Crippen molar-refractivity contribution >= 4 is 17.2 Å². The van der Waals surface area contributed by atoms with Gasteiger partial charge in [-0.1, -0.05) is 49.4 Å². The molecule has 1 atom stereocenters. The molecule has 0 bridgehead atoms. The van der Waals surface area contributed by atoms with E-state index in [1.54, 1.807) is 6.20 Å². The molecule has 1 unspecified atom stereocenters. The Kier molecular flexibility index (Phi) is 7.23. The van der Waals surface area contributed by atoms with E-state index >= 15 is 0 Å². The number of ether oxygens (including phenoxy) is 2. The van der Waals surface area contributed by atoms with Crippen molar-refractivity contribution in [1.29, 1.82) is 0 Å². The van der Waals surface area contributed by atoms with E-state index < -0.39 is 11.6 Å². The van der Waals surface area contributed by atoms with Crippen LogP contribution in [-0.2, 0) is 16.8 Å². The number of rotatable bonds is 9. The van der Waals surface area contributed by atoms with Crippen molar-refractivity contribution in [2.75, 3.05) is 24.6 Å². The Balaban J connectivity index is 1.78. The summed E-state index contributed by atoms with van der Waals surface area (Å²) in [7, 11) is 0. The molecule has 3 aromatic heterocycles. The number of hydrogen-bond acceptors (Lipinski definition) is 5. The molecule has 0 saturated carbocycles. The number of benzene rings is 2. The molecule has 1 aliphatic heterocycles. The lowest BCUT2D eigenvalue weighted by Crippen LogP contribution is -2.31. The normalized spacial score (nSPS) is 16.0. The molecular weight excluding hydrogens is 522 g/mol. The third-order valence-electron chi connectivity index (χ3n) is 8.46. The molecule has 6 rings (SSSR count). The van der Waals surface area contributed by atoms with Gasteiger partial charge in [0, 0.05) is 65.2 Å². The topological polar surface area (TPSA) is 56.1 Å². The molecule has 214 valence electrons. The summed E-state index contributed by atoms with van der Waals surface area (Å²) >= 11 is 0. The zero-order chi connectivity index (χ0) is 29.4. The van der Waals surface area contributed by atoms with Gasteiger partial charge in [0.05, 0.1) is 12.1 Å². The maximum atomic E-state index is 13.7. The van der Waals surface area contributed by atoms with Crippen molar-refractivity contribution in [1.82, 2.24) is 9.38 Å². The number of anilines is 1. The molecule has 0 aliphatic carbocycles. The Morgan fingerprint density at radius 2 is 1.71 bits per heavy atom. The number of aromatic nitrogens is 2. The first kappa shape index (κ1) is 27.6. The number of fused-ring (bicyclic) bond motifs is 2. The molecule has 2 aromatic carbocycles. The van der Waals surface area contributed by atoms with E-state index in [0.29, 0.717) is 18.1 Å². The fourth-order valence-corrected chi connectivity index (χ4v) is 6.46. The van der Waals surface area contributed by atoms with Crippen molar-refractivity contribution in [2.24, 2.45) is 0 Å². The van der Waals surface area contributed by atoms with Gasteiger partial charge >= 0.3 is 5.97 Å². The lowest BCUT2D eigenvalue weighted by molar-refractivity contribution is 0.0247. The highest BCUT2D eigenvalue weighted by molar-refractivity contribution is 5.97. The van der Waals surface area contributed by atoms with Gasteiger partial charge in [-0.15, -0.1) is 0 Å². The van der Waals surface area contributed by atoms with Gasteiger partial charge < -0.3 is 18.8 Å². The Morgan fingerprint density at radius 3 is 2.43 bits per heavy atom. The summed E-state index contributed by atoms with van der Waals surface area (Å²) in [4.78, 5) is 20.5. The van der Waals surface area contributed by atoms with Gasteiger partial charge in [0.25, 0.3) is 0 Å². The quantitative estimate of drug-likeness (QED) is 0.174. The minimum absolute atomic E-state index is 0.328. The summed E-state index contributed by atoms with van der Waals surface area (Å²) < 4.78 is 15.3. The number of hydrogen-bond donors (Lipinski definition) is 0. The number of carbonyl (C=O) groups excluding carboxylic acids is 1. The second kappa shape index (κ2) is 11.0. The van der Waals surface area contributed by atoms with Gasteiger partial charge in [-0.3, -0.25) is 0 Å². The van der Waals surface area contributed by atoms with Crippen LogP contribution in [0.1, 0.15) is 66.1 Å². The Bertz CT molecular complexity index is 1770. The second-order valence-corrected chi connectivity index (χ2v) is 10.6. The van der Waals surface area contributed by atoms with E-state index in [0.717, 1.165) is 64.2 Å². The van der Waals surface area contributed by atoms with Crippen LogP contribution in [-0.4, -0.2) is 35.1 Å². The van der Waals surface area contributed by atoms with Crippen LogP contribution in [0.2, 0.25) is 0 Å². The van der Waals surface area contributed by atoms with Crippen LogP contribution in [0.3, 0.4) is 0 Å². The van der Waals surface area contributed by atoms with Crippen LogP contribution in [0.4, 0.5) is 5.69 Å². The van der Waals surface area contributed by atoms with E-state index in [1.807, 2.05) is 37.3 Å². The molecule has 4 heterocycles. The zero-order valence-corrected chi connectivity index (χ0v) is 25.0. The molecule has 0 saturated heterocycles. The van der Waals surface area contributed by atoms with Gasteiger partial charge in [-0.2, -0.15) is 0 Å². The third-order valence-corrected chi connectivity index (χ3v) is 8.46. The number of pyridine rings is 2.